The molecule has 0 radical (unpaired) electrons. The van der Waals surface area contributed by atoms with Crippen molar-refractivity contribution < 1.29 is 14.1 Å². The summed E-state index contributed by atoms with van der Waals surface area (Å²) in [4.78, 5) is 39.7. The number of aromatic nitrogens is 2. The molecule has 0 aliphatic carbocycles. The van der Waals surface area contributed by atoms with Crippen molar-refractivity contribution >= 4 is 17.6 Å². The van der Waals surface area contributed by atoms with Gasteiger partial charge in [-0.25, -0.2) is 0 Å². The molecule has 1 aliphatic rings. The molecule has 1 fully saturated rings. The molecule has 9 nitrogen and oxygen atoms in total. The molecule has 156 valence electrons. The number of carbonyl (C=O) groups is 2. The van der Waals surface area contributed by atoms with Crippen molar-refractivity contribution in [2.24, 2.45) is 0 Å². The normalized spacial score (nSPS) is 15.7. The largest absolute Gasteiger partial charge is 0.360 e. The van der Waals surface area contributed by atoms with Gasteiger partial charge in [0.1, 0.15) is 17.9 Å². The standard InChI is InChI=1S/C20H27N5O4/c1-14(24-8-4-3-5-9-24)12-21-19(27)16-7-6-10-25(20(16)28)13-18(26)22-17-11-15(2)29-23-17/h6-7,10-11,14H,3-5,8-9,12-13H2,1-2H3,(H,21,27)(H,22,23,26)/t14-/m1/s1. The number of nitrogens with one attached hydrogen (secondary N) is 2. The van der Waals surface area contributed by atoms with Crippen LogP contribution in [0, 0.1) is 6.92 Å². The van der Waals surface area contributed by atoms with Crippen LogP contribution in [0.15, 0.2) is 33.7 Å². The lowest BCUT2D eigenvalue weighted by Gasteiger charge is -2.32. The van der Waals surface area contributed by atoms with Gasteiger partial charge in [-0.3, -0.25) is 19.3 Å². The van der Waals surface area contributed by atoms with E-state index < -0.39 is 17.4 Å². The highest BCUT2D eigenvalue weighted by molar-refractivity contribution is 5.94. The summed E-state index contributed by atoms with van der Waals surface area (Å²) >= 11 is 0. The number of carbonyl (C=O) groups excluding carboxylic acids is 2. The number of likely N-dealkylation sites (tertiary alicyclic amines) is 1. The molecule has 0 aromatic carbocycles. The van der Waals surface area contributed by atoms with Crippen LogP contribution in [0.1, 0.15) is 42.3 Å². The molecule has 3 rings (SSSR count). The van der Waals surface area contributed by atoms with Crippen LogP contribution in [0.5, 0.6) is 0 Å². The zero-order valence-electron chi connectivity index (χ0n) is 16.8. The molecule has 1 aliphatic heterocycles. The minimum atomic E-state index is -0.512. The summed E-state index contributed by atoms with van der Waals surface area (Å²) in [5, 5.41) is 9.08. The fourth-order valence-electron chi connectivity index (χ4n) is 3.42. The molecule has 29 heavy (non-hydrogen) atoms. The van der Waals surface area contributed by atoms with Crippen molar-refractivity contribution in [2.75, 3.05) is 25.0 Å². The molecule has 0 unspecified atom stereocenters. The molecule has 1 atom stereocenters. The molecule has 0 bridgehead atoms. The van der Waals surface area contributed by atoms with Crippen molar-refractivity contribution in [3.63, 3.8) is 0 Å². The van der Waals surface area contributed by atoms with Gasteiger partial charge in [0.15, 0.2) is 5.82 Å². The van der Waals surface area contributed by atoms with E-state index in [-0.39, 0.29) is 24.0 Å². The maximum absolute atomic E-state index is 12.6. The van der Waals surface area contributed by atoms with E-state index in [1.807, 2.05) is 0 Å². The first-order chi connectivity index (χ1) is 13.9. The molecule has 2 amide bonds. The summed E-state index contributed by atoms with van der Waals surface area (Å²) in [6, 6.07) is 4.84. The highest BCUT2D eigenvalue weighted by Crippen LogP contribution is 2.11. The van der Waals surface area contributed by atoms with E-state index >= 15 is 0 Å². The summed E-state index contributed by atoms with van der Waals surface area (Å²) in [6.45, 7) is 6.10. The molecule has 2 aromatic heterocycles. The Bertz CT molecular complexity index is 914. The minimum Gasteiger partial charge on any atom is -0.360 e. The Morgan fingerprint density at radius 3 is 2.72 bits per heavy atom. The van der Waals surface area contributed by atoms with Crippen LogP contribution in [-0.4, -0.2) is 52.1 Å². The van der Waals surface area contributed by atoms with Gasteiger partial charge in [-0.05, 0) is 51.9 Å². The maximum Gasteiger partial charge on any atom is 0.263 e. The number of hydrogen-bond donors (Lipinski definition) is 2. The molecule has 0 spiro atoms. The van der Waals surface area contributed by atoms with E-state index in [0.29, 0.717) is 12.3 Å². The summed E-state index contributed by atoms with van der Waals surface area (Å²) < 4.78 is 6.09. The van der Waals surface area contributed by atoms with Crippen molar-refractivity contribution in [3.05, 3.63) is 46.1 Å². The van der Waals surface area contributed by atoms with Gasteiger partial charge in [0.25, 0.3) is 11.5 Å². The van der Waals surface area contributed by atoms with E-state index in [1.165, 1.54) is 36.1 Å². The number of piperidine rings is 1. The summed E-state index contributed by atoms with van der Waals surface area (Å²) in [6.07, 6.45) is 5.08. The number of nitrogens with zero attached hydrogens (tertiary/aromatic N) is 3. The third-order valence-electron chi connectivity index (χ3n) is 5.05. The Labute approximate surface area is 169 Å². The topological polar surface area (TPSA) is 109 Å². The van der Waals surface area contributed by atoms with Crippen LogP contribution in [0.25, 0.3) is 0 Å². The van der Waals surface area contributed by atoms with Crippen LogP contribution in [0.3, 0.4) is 0 Å². The predicted molar refractivity (Wildman–Crippen MR) is 108 cm³/mol. The average Bonchev–Trinajstić information content (AvgIpc) is 3.12. The Morgan fingerprint density at radius 2 is 2.03 bits per heavy atom. The maximum atomic E-state index is 12.6. The third-order valence-corrected chi connectivity index (χ3v) is 5.05. The van der Waals surface area contributed by atoms with E-state index in [1.54, 1.807) is 19.1 Å². The zero-order valence-corrected chi connectivity index (χ0v) is 16.8. The van der Waals surface area contributed by atoms with Gasteiger partial charge in [-0.1, -0.05) is 11.6 Å². The summed E-state index contributed by atoms with van der Waals surface area (Å²) in [7, 11) is 0. The monoisotopic (exact) mass is 401 g/mol. The number of amides is 2. The Balaban J connectivity index is 1.59. The molecule has 0 saturated carbocycles. The number of rotatable bonds is 7. The van der Waals surface area contributed by atoms with Crippen LogP contribution >= 0.6 is 0 Å². The Morgan fingerprint density at radius 1 is 1.28 bits per heavy atom. The number of anilines is 1. The molecule has 2 aromatic rings. The SMILES string of the molecule is Cc1cc(NC(=O)Cn2cccc(C(=O)NC[C@@H](C)N3CCCCC3)c2=O)no1. The fraction of sp³-hybridized carbons (Fsp3) is 0.500. The van der Waals surface area contributed by atoms with Crippen molar-refractivity contribution in [1.29, 1.82) is 0 Å². The van der Waals surface area contributed by atoms with Crippen molar-refractivity contribution in [2.45, 2.75) is 45.7 Å². The Kier molecular flexibility index (Phi) is 6.82. The first-order valence-electron chi connectivity index (χ1n) is 9.89. The number of hydrogen-bond acceptors (Lipinski definition) is 6. The van der Waals surface area contributed by atoms with Crippen molar-refractivity contribution in [1.82, 2.24) is 19.9 Å². The van der Waals surface area contributed by atoms with Crippen molar-refractivity contribution in [3.8, 4) is 0 Å². The molecule has 1 saturated heterocycles. The van der Waals surface area contributed by atoms with E-state index in [2.05, 4.69) is 27.6 Å². The van der Waals surface area contributed by atoms with Crippen LogP contribution in [0.4, 0.5) is 5.82 Å². The molecule has 3 heterocycles. The van der Waals surface area contributed by atoms with Gasteiger partial charge in [0.05, 0.1) is 0 Å². The van der Waals surface area contributed by atoms with Crippen LogP contribution < -0.4 is 16.2 Å². The number of aryl methyl sites for hydroxylation is 1. The van der Waals surface area contributed by atoms with Gasteiger partial charge in [0.2, 0.25) is 5.91 Å². The number of pyridine rings is 1. The van der Waals surface area contributed by atoms with Crippen LogP contribution in [0.2, 0.25) is 0 Å². The van der Waals surface area contributed by atoms with E-state index in [0.717, 1.165) is 13.1 Å². The van der Waals surface area contributed by atoms with Gasteiger partial charge >= 0.3 is 0 Å². The molecule has 9 heteroatoms. The van der Waals surface area contributed by atoms with E-state index in [4.69, 9.17) is 4.52 Å². The highest BCUT2D eigenvalue weighted by Gasteiger charge is 2.19. The minimum absolute atomic E-state index is 0.0171. The van der Waals surface area contributed by atoms with Gasteiger partial charge < -0.3 is 19.7 Å². The second-order valence-electron chi connectivity index (χ2n) is 7.38. The smallest absolute Gasteiger partial charge is 0.263 e. The van der Waals surface area contributed by atoms with Gasteiger partial charge in [-0.2, -0.15) is 0 Å². The van der Waals surface area contributed by atoms with Gasteiger partial charge in [0, 0.05) is 24.8 Å². The quantitative estimate of drug-likeness (QED) is 0.726. The third kappa shape index (κ3) is 5.54. The lowest BCUT2D eigenvalue weighted by Crippen LogP contribution is -2.45. The second kappa shape index (κ2) is 9.51. The van der Waals surface area contributed by atoms with E-state index in [9.17, 15) is 14.4 Å². The summed E-state index contributed by atoms with van der Waals surface area (Å²) in [5.74, 6) is -0.0199. The van der Waals surface area contributed by atoms with Gasteiger partial charge in [-0.15, -0.1) is 0 Å². The second-order valence-corrected chi connectivity index (χ2v) is 7.38. The molecular weight excluding hydrogens is 374 g/mol. The first-order valence-corrected chi connectivity index (χ1v) is 9.89. The summed E-state index contributed by atoms with van der Waals surface area (Å²) in [5.41, 5.74) is -0.495. The van der Waals surface area contributed by atoms with Crippen LogP contribution in [-0.2, 0) is 11.3 Å². The molecule has 2 N–H and O–H groups in total. The predicted octanol–water partition coefficient (Wildman–Crippen LogP) is 1.39. The average molecular weight is 401 g/mol. The first kappa shape index (κ1) is 20.8. The lowest BCUT2D eigenvalue weighted by atomic mass is 10.1. The highest BCUT2D eigenvalue weighted by atomic mass is 16.5. The molecular formula is C20H27N5O4. The lowest BCUT2D eigenvalue weighted by molar-refractivity contribution is -0.116. The zero-order chi connectivity index (χ0) is 20.8. The Hall–Kier alpha value is -2.94. The fourth-order valence-corrected chi connectivity index (χ4v) is 3.42.